The minimum atomic E-state index is -3.07. The van der Waals surface area contributed by atoms with Crippen molar-refractivity contribution in [2.75, 3.05) is 11.7 Å². The third-order valence-corrected chi connectivity index (χ3v) is 7.75. The van der Waals surface area contributed by atoms with Crippen molar-refractivity contribution in [2.24, 2.45) is 0 Å². The molecule has 0 spiro atoms. The van der Waals surface area contributed by atoms with E-state index < -0.39 is 7.29 Å². The molecule has 3 aromatic carbocycles. The van der Waals surface area contributed by atoms with E-state index in [4.69, 9.17) is 5.26 Å². The van der Waals surface area contributed by atoms with Gasteiger partial charge in [-0.3, -0.25) is 4.57 Å². The summed E-state index contributed by atoms with van der Waals surface area (Å²) in [7, 11) is -1.24. The van der Waals surface area contributed by atoms with Crippen molar-refractivity contribution in [1.29, 1.82) is 5.26 Å². The van der Waals surface area contributed by atoms with Gasteiger partial charge in [-0.1, -0.05) is 36.4 Å². The van der Waals surface area contributed by atoms with Crippen LogP contribution < -0.4 is 15.3 Å². The normalized spacial score (nSPS) is 10.9. The number of halogens is 1. The number of nitrogens with zero attached hydrogens (tertiary/aromatic N) is 2. The van der Waals surface area contributed by atoms with Crippen molar-refractivity contribution in [2.45, 2.75) is 0 Å². The number of rotatable bonds is 4. The van der Waals surface area contributed by atoms with Crippen molar-refractivity contribution >= 4 is 39.5 Å². The molecule has 3 nitrogen and oxygen atoms in total. The van der Waals surface area contributed by atoms with Crippen LogP contribution in [0, 0.1) is 11.3 Å². The maximum atomic E-state index is 14.3. The van der Waals surface area contributed by atoms with Gasteiger partial charge in [0.05, 0.1) is 17.3 Å². The summed E-state index contributed by atoms with van der Waals surface area (Å²) in [4.78, 5) is 0. The van der Waals surface area contributed by atoms with E-state index in [1.165, 1.54) is 0 Å². The lowest BCUT2D eigenvalue weighted by molar-refractivity contribution is 0.586. The molecule has 0 unspecified atom stereocenters. The topological polar surface area (TPSA) is 44.1 Å². The van der Waals surface area contributed by atoms with E-state index in [2.05, 4.69) is 22.0 Å². The molecule has 0 aliphatic heterocycles. The average Bonchev–Trinajstić information content (AvgIpc) is 2.68. The summed E-state index contributed by atoms with van der Waals surface area (Å²) in [5.41, 5.74) is 1.33. The summed E-state index contributed by atoms with van der Waals surface area (Å²) < 4.78 is 16.8. The minimum Gasteiger partial charge on any atom is -0.318 e. The first-order chi connectivity index (χ1) is 12.1. The van der Waals surface area contributed by atoms with Gasteiger partial charge in [0.25, 0.3) is 0 Å². The van der Waals surface area contributed by atoms with E-state index in [0.29, 0.717) is 5.56 Å². The van der Waals surface area contributed by atoms with Crippen molar-refractivity contribution < 1.29 is 4.57 Å². The Hall–Kier alpha value is -2.34. The van der Waals surface area contributed by atoms with Gasteiger partial charge in [-0.15, -0.1) is 0 Å². The number of nitriles is 1. The molecule has 0 N–H and O–H groups in total. The molecule has 3 rings (SSSR count). The van der Waals surface area contributed by atoms with Crippen molar-refractivity contribution in [3.8, 4) is 6.07 Å². The largest absolute Gasteiger partial charge is 0.318 e. The number of hydrogen-bond acceptors (Lipinski definition) is 2. The molecule has 0 radical (unpaired) electrons. The fraction of sp³-hybridized carbons (Fsp3) is 0.0500. The van der Waals surface area contributed by atoms with Crippen LogP contribution in [0.4, 0.5) is 5.69 Å². The molecule has 0 aliphatic carbocycles. The van der Waals surface area contributed by atoms with E-state index in [1.807, 2.05) is 78.4 Å². The highest BCUT2D eigenvalue weighted by Gasteiger charge is 2.33. The zero-order chi connectivity index (χ0) is 17.9. The Labute approximate surface area is 156 Å². The predicted molar refractivity (Wildman–Crippen MR) is 107 cm³/mol. The molecule has 0 aliphatic rings. The van der Waals surface area contributed by atoms with Crippen LogP contribution in [0.3, 0.4) is 0 Å². The summed E-state index contributed by atoms with van der Waals surface area (Å²) in [5.74, 6) is 0. The Morgan fingerprint density at radius 3 is 1.88 bits per heavy atom. The monoisotopic (exact) mass is 410 g/mol. The van der Waals surface area contributed by atoms with Crippen molar-refractivity contribution in [3.63, 3.8) is 0 Å². The molecule has 5 heteroatoms. The summed E-state index contributed by atoms with van der Waals surface area (Å²) in [6, 6.07) is 26.4. The van der Waals surface area contributed by atoms with Gasteiger partial charge >= 0.3 is 0 Å². The molecule has 0 saturated heterocycles. The second-order valence-electron chi connectivity index (χ2n) is 5.55. The molecule has 124 valence electrons. The fourth-order valence-electron chi connectivity index (χ4n) is 2.75. The molecule has 0 saturated carbocycles. The first-order valence-electron chi connectivity index (χ1n) is 7.72. The Bertz CT molecular complexity index is 924. The van der Waals surface area contributed by atoms with Crippen LogP contribution in [0.5, 0.6) is 0 Å². The lowest BCUT2D eigenvalue weighted by Crippen LogP contribution is -2.29. The van der Waals surface area contributed by atoms with Gasteiger partial charge in [0.1, 0.15) is 0 Å². The molecular weight excluding hydrogens is 395 g/mol. The maximum Gasteiger partial charge on any atom is 0.229 e. The summed E-state index contributed by atoms with van der Waals surface area (Å²) in [6.45, 7) is 0. The number of hydrogen-bond donors (Lipinski definition) is 0. The predicted octanol–water partition coefficient (Wildman–Crippen LogP) is 4.69. The highest BCUT2D eigenvalue weighted by molar-refractivity contribution is 9.10. The maximum absolute atomic E-state index is 14.3. The molecule has 3 aromatic rings. The Morgan fingerprint density at radius 1 is 0.920 bits per heavy atom. The molecule has 0 atom stereocenters. The van der Waals surface area contributed by atoms with Crippen LogP contribution in [0.25, 0.3) is 0 Å². The number of benzene rings is 3. The van der Waals surface area contributed by atoms with Crippen LogP contribution in [0.2, 0.25) is 0 Å². The molecule has 0 amide bonds. The fourth-order valence-corrected chi connectivity index (χ4v) is 6.15. The smallest absolute Gasteiger partial charge is 0.229 e. The van der Waals surface area contributed by atoms with E-state index in [1.54, 1.807) is 12.1 Å². The van der Waals surface area contributed by atoms with Crippen LogP contribution in [-0.2, 0) is 4.57 Å². The van der Waals surface area contributed by atoms with Gasteiger partial charge in [-0.25, -0.2) is 0 Å². The van der Waals surface area contributed by atoms with Crippen molar-refractivity contribution in [1.82, 2.24) is 0 Å². The zero-order valence-corrected chi connectivity index (χ0v) is 16.1. The summed E-state index contributed by atoms with van der Waals surface area (Å²) in [5, 5.41) is 10.6. The third-order valence-electron chi connectivity index (χ3n) is 4.06. The van der Waals surface area contributed by atoms with Gasteiger partial charge in [-0.05, 0) is 58.4 Å². The third kappa shape index (κ3) is 3.26. The van der Waals surface area contributed by atoms with Crippen molar-refractivity contribution in [3.05, 3.63) is 88.9 Å². The van der Waals surface area contributed by atoms with E-state index >= 15 is 0 Å². The lowest BCUT2D eigenvalue weighted by Gasteiger charge is -2.31. The van der Waals surface area contributed by atoms with Gasteiger partial charge in [-0.2, -0.15) is 5.26 Å². The van der Waals surface area contributed by atoms with Gasteiger partial charge in [0.2, 0.25) is 7.29 Å². The van der Waals surface area contributed by atoms with Crippen LogP contribution >= 0.6 is 23.2 Å². The highest BCUT2D eigenvalue weighted by Crippen LogP contribution is 2.50. The molecule has 25 heavy (non-hydrogen) atoms. The Balaban J connectivity index is 2.20. The molecule has 0 heterocycles. The van der Waals surface area contributed by atoms with Gasteiger partial charge in [0.15, 0.2) is 0 Å². The van der Waals surface area contributed by atoms with E-state index in [-0.39, 0.29) is 0 Å². The molecule has 0 aromatic heterocycles. The zero-order valence-electron chi connectivity index (χ0n) is 13.6. The first-order valence-corrected chi connectivity index (χ1v) is 10.2. The molecule has 0 bridgehead atoms. The molecule has 0 fully saturated rings. The SMILES string of the molecule is CN(c1ccc(C#N)cc1Br)P(=O)(c1ccccc1)c1ccccc1. The minimum absolute atomic E-state index is 0.554. The average molecular weight is 411 g/mol. The second kappa shape index (κ2) is 7.27. The quantitative estimate of drug-likeness (QED) is 0.586. The Morgan fingerprint density at radius 2 is 1.44 bits per heavy atom. The van der Waals surface area contributed by atoms with Crippen LogP contribution in [0.1, 0.15) is 5.56 Å². The summed E-state index contributed by atoms with van der Waals surface area (Å²) in [6.07, 6.45) is 0. The van der Waals surface area contributed by atoms with E-state index in [9.17, 15) is 4.57 Å². The highest BCUT2D eigenvalue weighted by atomic mass is 79.9. The standard InChI is InChI=1S/C20H16BrN2OP/c1-23(20-13-12-16(15-22)14-19(20)21)25(24,17-8-4-2-5-9-17)18-10-6-3-7-11-18/h2-14H,1H3. The second-order valence-corrected chi connectivity index (χ2v) is 9.19. The first kappa shape index (κ1) is 17.5. The summed E-state index contributed by atoms with van der Waals surface area (Å²) >= 11 is 3.51. The van der Waals surface area contributed by atoms with Crippen LogP contribution in [-0.4, -0.2) is 7.05 Å². The van der Waals surface area contributed by atoms with Crippen LogP contribution in [0.15, 0.2) is 83.3 Å². The van der Waals surface area contributed by atoms with E-state index in [0.717, 1.165) is 20.8 Å². The lowest BCUT2D eigenvalue weighted by atomic mass is 10.2. The number of anilines is 1. The Kier molecular flexibility index (Phi) is 5.08. The van der Waals surface area contributed by atoms with Gasteiger partial charge < -0.3 is 4.67 Å². The molecular formula is C20H16BrN2OP. The van der Waals surface area contributed by atoms with Gasteiger partial charge in [0, 0.05) is 22.1 Å².